The highest BCUT2D eigenvalue weighted by Crippen LogP contribution is 2.27. The van der Waals surface area contributed by atoms with Gasteiger partial charge < -0.3 is 10.1 Å². The molecule has 1 aliphatic rings. The largest absolute Gasteiger partial charge is 0.379 e. The van der Waals surface area contributed by atoms with Crippen LogP contribution in [0.25, 0.3) is 0 Å². The van der Waals surface area contributed by atoms with E-state index in [0.29, 0.717) is 28.1 Å². The highest BCUT2D eigenvalue weighted by Gasteiger charge is 2.11. The molecule has 1 heterocycles. The van der Waals surface area contributed by atoms with Gasteiger partial charge in [-0.2, -0.15) is 0 Å². The van der Waals surface area contributed by atoms with Gasteiger partial charge in [0.25, 0.3) is 0 Å². The fourth-order valence-electron chi connectivity index (χ4n) is 2.15. The number of morpholine rings is 1. The molecule has 1 aliphatic heterocycles. The van der Waals surface area contributed by atoms with E-state index in [4.69, 9.17) is 27.9 Å². The van der Waals surface area contributed by atoms with Gasteiger partial charge in [0, 0.05) is 42.0 Å². The van der Waals surface area contributed by atoms with Crippen LogP contribution in [0.5, 0.6) is 0 Å². The van der Waals surface area contributed by atoms with Crippen molar-refractivity contribution in [3.8, 4) is 0 Å². The molecule has 122 valence electrons. The van der Waals surface area contributed by atoms with Crippen LogP contribution in [0.1, 0.15) is 5.56 Å². The molecule has 1 amide bonds. The Hall–Kier alpha value is -0.460. The third-order valence-electron chi connectivity index (χ3n) is 3.40. The summed E-state index contributed by atoms with van der Waals surface area (Å²) in [6.07, 6.45) is 0. The van der Waals surface area contributed by atoms with Crippen molar-refractivity contribution in [3.05, 3.63) is 33.8 Å². The number of thioether (sulfide) groups is 1. The van der Waals surface area contributed by atoms with E-state index in [-0.39, 0.29) is 5.91 Å². The number of ether oxygens (including phenoxy) is 1. The SMILES string of the molecule is O=C(CSCc1c(Cl)cccc1Cl)NCCN1CCOCC1. The second-order valence-corrected chi connectivity index (χ2v) is 6.80. The van der Waals surface area contributed by atoms with Crippen LogP contribution >= 0.6 is 35.0 Å². The number of carbonyl (C=O) groups excluding carboxylic acids is 1. The van der Waals surface area contributed by atoms with Gasteiger partial charge in [0.2, 0.25) is 5.91 Å². The molecule has 1 N–H and O–H groups in total. The summed E-state index contributed by atoms with van der Waals surface area (Å²) in [5, 5.41) is 4.23. The zero-order chi connectivity index (χ0) is 15.8. The lowest BCUT2D eigenvalue weighted by atomic mass is 10.2. The molecule has 0 spiro atoms. The van der Waals surface area contributed by atoms with Gasteiger partial charge in [0.1, 0.15) is 0 Å². The van der Waals surface area contributed by atoms with Crippen molar-refractivity contribution in [2.75, 3.05) is 45.1 Å². The lowest BCUT2D eigenvalue weighted by molar-refractivity contribution is -0.118. The maximum Gasteiger partial charge on any atom is 0.230 e. The normalized spacial score (nSPS) is 15.7. The maximum absolute atomic E-state index is 11.8. The molecule has 0 radical (unpaired) electrons. The van der Waals surface area contributed by atoms with Crippen LogP contribution in [0.2, 0.25) is 10.0 Å². The molecule has 1 aromatic rings. The Labute approximate surface area is 145 Å². The van der Waals surface area contributed by atoms with Gasteiger partial charge in [-0.05, 0) is 17.7 Å². The lowest BCUT2D eigenvalue weighted by Crippen LogP contribution is -2.41. The Morgan fingerprint density at radius 1 is 1.27 bits per heavy atom. The first kappa shape index (κ1) is 17.9. The smallest absolute Gasteiger partial charge is 0.230 e. The molecule has 7 heteroatoms. The first-order valence-electron chi connectivity index (χ1n) is 7.24. The number of hydrogen-bond acceptors (Lipinski definition) is 4. The van der Waals surface area contributed by atoms with E-state index >= 15 is 0 Å². The summed E-state index contributed by atoms with van der Waals surface area (Å²) < 4.78 is 5.29. The molecular formula is C15H20Cl2N2O2S. The van der Waals surface area contributed by atoms with Crippen LogP contribution in [0.4, 0.5) is 0 Å². The Balaban J connectivity index is 1.61. The van der Waals surface area contributed by atoms with Gasteiger partial charge >= 0.3 is 0 Å². The van der Waals surface area contributed by atoms with Crippen LogP contribution in [-0.2, 0) is 15.3 Å². The zero-order valence-electron chi connectivity index (χ0n) is 12.3. The maximum atomic E-state index is 11.8. The van der Waals surface area contributed by atoms with Gasteiger partial charge in [-0.25, -0.2) is 0 Å². The summed E-state index contributed by atoms with van der Waals surface area (Å²) in [6, 6.07) is 5.44. The number of nitrogens with one attached hydrogen (secondary N) is 1. The molecular weight excluding hydrogens is 343 g/mol. The van der Waals surface area contributed by atoms with Crippen molar-refractivity contribution in [1.29, 1.82) is 0 Å². The highest BCUT2D eigenvalue weighted by molar-refractivity contribution is 7.99. The first-order chi connectivity index (χ1) is 10.7. The number of carbonyl (C=O) groups is 1. The highest BCUT2D eigenvalue weighted by atomic mass is 35.5. The standard InChI is InChI=1S/C15H20Cl2N2O2S/c16-13-2-1-3-14(17)12(13)10-22-11-15(20)18-4-5-19-6-8-21-9-7-19/h1-3H,4-11H2,(H,18,20). The number of rotatable bonds is 7. The average molecular weight is 363 g/mol. The molecule has 2 rings (SSSR count). The number of nitrogens with zero attached hydrogens (tertiary/aromatic N) is 1. The van der Waals surface area contributed by atoms with Crippen molar-refractivity contribution >= 4 is 40.9 Å². The van der Waals surface area contributed by atoms with E-state index in [1.807, 2.05) is 18.2 Å². The average Bonchev–Trinajstić information content (AvgIpc) is 2.51. The predicted molar refractivity (Wildman–Crippen MR) is 92.9 cm³/mol. The van der Waals surface area contributed by atoms with Crippen LogP contribution in [0, 0.1) is 0 Å². The molecule has 4 nitrogen and oxygen atoms in total. The molecule has 1 fully saturated rings. The quantitative estimate of drug-likeness (QED) is 0.809. The van der Waals surface area contributed by atoms with Crippen LogP contribution in [0.3, 0.4) is 0 Å². The summed E-state index contributed by atoms with van der Waals surface area (Å²) in [5.41, 5.74) is 0.886. The zero-order valence-corrected chi connectivity index (χ0v) is 14.6. The lowest BCUT2D eigenvalue weighted by Gasteiger charge is -2.26. The second-order valence-electron chi connectivity index (χ2n) is 5.00. The van der Waals surface area contributed by atoms with E-state index in [0.717, 1.165) is 38.4 Å². The van der Waals surface area contributed by atoms with E-state index in [1.54, 1.807) is 0 Å². The van der Waals surface area contributed by atoms with Crippen molar-refractivity contribution in [2.45, 2.75) is 5.75 Å². The molecule has 1 aromatic carbocycles. The number of halogens is 2. The summed E-state index contributed by atoms with van der Waals surface area (Å²) in [6.45, 7) is 4.98. The molecule has 0 aromatic heterocycles. The van der Waals surface area contributed by atoms with Crippen molar-refractivity contribution in [3.63, 3.8) is 0 Å². The molecule has 22 heavy (non-hydrogen) atoms. The van der Waals surface area contributed by atoms with Crippen LogP contribution in [0.15, 0.2) is 18.2 Å². The third kappa shape index (κ3) is 5.97. The minimum atomic E-state index is 0.0430. The van der Waals surface area contributed by atoms with E-state index in [2.05, 4.69) is 10.2 Å². The number of amides is 1. The second kappa shape index (κ2) is 9.63. The number of hydrogen-bond donors (Lipinski definition) is 1. The topological polar surface area (TPSA) is 41.6 Å². The third-order valence-corrected chi connectivity index (χ3v) is 5.06. The predicted octanol–water partition coefficient (Wildman–Crippen LogP) is 2.68. The van der Waals surface area contributed by atoms with Crippen molar-refractivity contribution < 1.29 is 9.53 Å². The van der Waals surface area contributed by atoms with Gasteiger partial charge in [0.05, 0.1) is 19.0 Å². The van der Waals surface area contributed by atoms with Crippen LogP contribution in [-0.4, -0.2) is 56.0 Å². The van der Waals surface area contributed by atoms with Gasteiger partial charge in [0.15, 0.2) is 0 Å². The number of benzene rings is 1. The summed E-state index contributed by atoms with van der Waals surface area (Å²) in [5.74, 6) is 1.08. The fraction of sp³-hybridized carbons (Fsp3) is 0.533. The fourth-order valence-corrected chi connectivity index (χ4v) is 3.74. The van der Waals surface area contributed by atoms with Crippen molar-refractivity contribution in [1.82, 2.24) is 10.2 Å². The Morgan fingerprint density at radius 3 is 2.64 bits per heavy atom. The summed E-state index contributed by atoms with van der Waals surface area (Å²) >= 11 is 13.7. The Morgan fingerprint density at radius 2 is 1.95 bits per heavy atom. The molecule has 0 bridgehead atoms. The molecule has 1 saturated heterocycles. The first-order valence-corrected chi connectivity index (χ1v) is 9.15. The molecule has 0 unspecified atom stereocenters. The van der Waals surface area contributed by atoms with Gasteiger partial charge in [-0.15, -0.1) is 11.8 Å². The van der Waals surface area contributed by atoms with E-state index in [9.17, 15) is 4.79 Å². The molecule has 0 aliphatic carbocycles. The molecule has 0 saturated carbocycles. The van der Waals surface area contributed by atoms with E-state index in [1.165, 1.54) is 11.8 Å². The Bertz CT molecular complexity index is 476. The summed E-state index contributed by atoms with van der Waals surface area (Å²) in [4.78, 5) is 14.1. The monoisotopic (exact) mass is 362 g/mol. The van der Waals surface area contributed by atoms with Crippen molar-refractivity contribution in [2.24, 2.45) is 0 Å². The minimum Gasteiger partial charge on any atom is -0.379 e. The molecule has 0 atom stereocenters. The van der Waals surface area contributed by atoms with Crippen LogP contribution < -0.4 is 5.32 Å². The van der Waals surface area contributed by atoms with E-state index < -0.39 is 0 Å². The minimum absolute atomic E-state index is 0.0430. The van der Waals surface area contributed by atoms with Gasteiger partial charge in [-0.3, -0.25) is 9.69 Å². The Kier molecular flexibility index (Phi) is 7.83. The summed E-state index contributed by atoms with van der Waals surface area (Å²) in [7, 11) is 0. The van der Waals surface area contributed by atoms with Gasteiger partial charge in [-0.1, -0.05) is 29.3 Å².